The Morgan fingerprint density at radius 1 is 1.22 bits per heavy atom. The molecule has 4 aromatic rings. The molecule has 0 saturated carbocycles. The van der Waals surface area contributed by atoms with Crippen molar-refractivity contribution >= 4 is 23.6 Å². The zero-order valence-corrected chi connectivity index (χ0v) is 17.0. The lowest BCUT2D eigenvalue weighted by Gasteiger charge is -2.19. The van der Waals surface area contributed by atoms with Gasteiger partial charge in [-0.1, -0.05) is 23.4 Å². The van der Waals surface area contributed by atoms with E-state index in [0.717, 1.165) is 5.69 Å². The minimum Gasteiger partial charge on any atom is -0.508 e. The number of hydrogen-bond donors (Lipinski definition) is 3. The molecule has 0 unspecified atom stereocenters. The Hall–Kier alpha value is -4.74. The summed E-state index contributed by atoms with van der Waals surface area (Å²) in [6, 6.07) is 15.9. The number of nitrogen functional groups attached to an aromatic ring is 1. The summed E-state index contributed by atoms with van der Waals surface area (Å²) in [6.07, 6.45) is 1.44. The molecule has 0 fully saturated rings. The fraction of sp³-hybridized carbons (Fsp3) is 0.100. The molecule has 0 aliphatic carbocycles. The van der Waals surface area contributed by atoms with Gasteiger partial charge in [-0.25, -0.2) is 10.1 Å². The third-order valence-electron chi connectivity index (χ3n) is 4.53. The second kappa shape index (κ2) is 8.95. The molecule has 4 N–H and O–H groups in total. The highest BCUT2D eigenvalue weighted by atomic mass is 16.6. The largest absolute Gasteiger partial charge is 0.508 e. The highest BCUT2D eigenvalue weighted by Crippen LogP contribution is 2.20. The molecule has 1 amide bonds. The number of carbonyl (C=O) groups is 1. The minimum absolute atomic E-state index is 0.0100. The van der Waals surface area contributed by atoms with Gasteiger partial charge in [-0.15, -0.1) is 5.10 Å². The van der Waals surface area contributed by atoms with E-state index in [1.807, 2.05) is 42.3 Å². The van der Waals surface area contributed by atoms with Crippen LogP contribution in [0.5, 0.6) is 5.75 Å². The number of para-hydroxylation sites is 1. The quantitative estimate of drug-likeness (QED) is 0.288. The molecule has 0 spiro atoms. The number of benzene rings is 2. The van der Waals surface area contributed by atoms with Gasteiger partial charge in [0.2, 0.25) is 11.6 Å². The fourth-order valence-electron chi connectivity index (χ4n) is 2.90. The van der Waals surface area contributed by atoms with Gasteiger partial charge in [-0.3, -0.25) is 4.79 Å². The maximum Gasteiger partial charge on any atom is 0.293 e. The molecule has 2 heterocycles. The van der Waals surface area contributed by atoms with Crippen LogP contribution in [0.4, 0.5) is 11.5 Å². The third-order valence-corrected chi connectivity index (χ3v) is 4.53. The Kier molecular flexibility index (Phi) is 5.74. The topological polar surface area (TPSA) is 161 Å². The first kappa shape index (κ1) is 20.5. The van der Waals surface area contributed by atoms with Crippen LogP contribution in [0.1, 0.15) is 21.7 Å². The van der Waals surface area contributed by atoms with Crippen LogP contribution in [-0.2, 0) is 6.54 Å². The lowest BCUT2D eigenvalue weighted by atomic mass is 10.2. The predicted molar refractivity (Wildman–Crippen MR) is 115 cm³/mol. The summed E-state index contributed by atoms with van der Waals surface area (Å²) in [5.74, 6) is -0.300. The Morgan fingerprint density at radius 2 is 1.97 bits per heavy atom. The maximum absolute atomic E-state index is 12.8. The first-order chi connectivity index (χ1) is 15.5. The van der Waals surface area contributed by atoms with E-state index in [4.69, 9.17) is 5.73 Å². The number of aromatic nitrogens is 5. The zero-order chi connectivity index (χ0) is 22.5. The van der Waals surface area contributed by atoms with E-state index in [2.05, 4.69) is 35.8 Å². The van der Waals surface area contributed by atoms with Gasteiger partial charge in [0.15, 0.2) is 5.69 Å². The monoisotopic (exact) mass is 433 g/mol. The Morgan fingerprint density at radius 3 is 2.66 bits per heavy atom. The summed E-state index contributed by atoms with van der Waals surface area (Å²) in [6.45, 7) is 0.258. The van der Waals surface area contributed by atoms with Gasteiger partial charge >= 0.3 is 0 Å². The van der Waals surface area contributed by atoms with Crippen LogP contribution in [0.25, 0.3) is 5.82 Å². The van der Waals surface area contributed by atoms with E-state index in [9.17, 15) is 9.90 Å². The predicted octanol–water partition coefficient (Wildman–Crippen LogP) is 1.34. The SMILES string of the molecule is CN(Cc1c(C(=O)N/N=C\c2ccc(O)cc2)nnn1-c1nonc1N)c1ccccc1. The van der Waals surface area contributed by atoms with Gasteiger partial charge < -0.3 is 15.7 Å². The number of hydrazone groups is 1. The molecule has 4 rings (SSSR count). The molecule has 12 heteroatoms. The van der Waals surface area contributed by atoms with Crippen LogP contribution in [0.15, 0.2) is 64.3 Å². The zero-order valence-electron chi connectivity index (χ0n) is 17.0. The van der Waals surface area contributed by atoms with Gasteiger partial charge in [-0.05, 0) is 52.3 Å². The van der Waals surface area contributed by atoms with E-state index in [0.29, 0.717) is 11.3 Å². The summed E-state index contributed by atoms with van der Waals surface area (Å²) in [4.78, 5) is 14.7. The summed E-state index contributed by atoms with van der Waals surface area (Å²) >= 11 is 0. The first-order valence-electron chi connectivity index (χ1n) is 9.44. The van der Waals surface area contributed by atoms with Gasteiger partial charge in [0.25, 0.3) is 5.91 Å². The third kappa shape index (κ3) is 4.38. The number of carbonyl (C=O) groups excluding carboxylic acids is 1. The van der Waals surface area contributed by atoms with Crippen molar-refractivity contribution in [2.24, 2.45) is 5.10 Å². The molecule has 0 saturated heterocycles. The number of phenolic OH excluding ortho intramolecular Hbond substituents is 1. The van der Waals surface area contributed by atoms with Crippen molar-refractivity contribution in [3.8, 4) is 11.6 Å². The molecular weight excluding hydrogens is 414 g/mol. The van der Waals surface area contributed by atoms with Crippen molar-refractivity contribution < 1.29 is 14.5 Å². The Labute approximate surface area is 181 Å². The van der Waals surface area contributed by atoms with Crippen molar-refractivity contribution in [3.63, 3.8) is 0 Å². The fourth-order valence-corrected chi connectivity index (χ4v) is 2.90. The molecule has 2 aromatic heterocycles. The van der Waals surface area contributed by atoms with E-state index < -0.39 is 5.91 Å². The van der Waals surface area contributed by atoms with Gasteiger partial charge in [-0.2, -0.15) is 9.78 Å². The van der Waals surface area contributed by atoms with Crippen molar-refractivity contribution in [1.29, 1.82) is 0 Å². The number of nitrogens with zero attached hydrogens (tertiary/aromatic N) is 7. The van der Waals surface area contributed by atoms with E-state index in [-0.39, 0.29) is 29.6 Å². The lowest BCUT2D eigenvalue weighted by Crippen LogP contribution is -2.24. The second-order valence-electron chi connectivity index (χ2n) is 6.75. The van der Waals surface area contributed by atoms with Crippen LogP contribution >= 0.6 is 0 Å². The number of phenols is 1. The first-order valence-corrected chi connectivity index (χ1v) is 9.44. The van der Waals surface area contributed by atoms with Crippen molar-refractivity contribution in [1.82, 2.24) is 30.7 Å². The van der Waals surface area contributed by atoms with E-state index in [1.54, 1.807) is 12.1 Å². The lowest BCUT2D eigenvalue weighted by molar-refractivity contribution is 0.0949. The summed E-state index contributed by atoms with van der Waals surface area (Å²) < 4.78 is 5.98. The summed E-state index contributed by atoms with van der Waals surface area (Å²) in [5, 5.41) is 28.6. The number of hydrogen-bond acceptors (Lipinski definition) is 10. The second-order valence-corrected chi connectivity index (χ2v) is 6.75. The number of amides is 1. The number of anilines is 2. The molecule has 12 nitrogen and oxygen atoms in total. The summed E-state index contributed by atoms with van der Waals surface area (Å²) in [7, 11) is 1.86. The number of nitrogens with one attached hydrogen (secondary N) is 1. The van der Waals surface area contributed by atoms with E-state index >= 15 is 0 Å². The average molecular weight is 433 g/mol. The van der Waals surface area contributed by atoms with Crippen LogP contribution in [-0.4, -0.2) is 49.6 Å². The molecule has 2 aromatic carbocycles. The highest BCUT2D eigenvalue weighted by molar-refractivity contribution is 5.94. The normalized spacial score (nSPS) is 11.0. The van der Waals surface area contributed by atoms with Crippen molar-refractivity contribution in [2.75, 3.05) is 17.7 Å². The van der Waals surface area contributed by atoms with Crippen LogP contribution in [0, 0.1) is 0 Å². The number of nitrogens with two attached hydrogens (primary N) is 1. The molecule has 0 bridgehead atoms. The molecule has 0 aliphatic heterocycles. The Bertz CT molecular complexity index is 1230. The van der Waals surface area contributed by atoms with Crippen molar-refractivity contribution in [3.05, 3.63) is 71.5 Å². The van der Waals surface area contributed by atoms with Gasteiger partial charge in [0.1, 0.15) is 5.75 Å². The Balaban J connectivity index is 1.61. The van der Waals surface area contributed by atoms with Crippen LogP contribution < -0.4 is 16.1 Å². The van der Waals surface area contributed by atoms with Crippen LogP contribution in [0.3, 0.4) is 0 Å². The van der Waals surface area contributed by atoms with E-state index in [1.165, 1.54) is 23.0 Å². The molecule has 162 valence electrons. The molecule has 0 aliphatic rings. The van der Waals surface area contributed by atoms with Crippen LogP contribution in [0.2, 0.25) is 0 Å². The van der Waals surface area contributed by atoms with Gasteiger partial charge in [0.05, 0.1) is 18.5 Å². The van der Waals surface area contributed by atoms with Crippen molar-refractivity contribution in [2.45, 2.75) is 6.54 Å². The molecule has 32 heavy (non-hydrogen) atoms. The minimum atomic E-state index is -0.572. The average Bonchev–Trinajstić information content (AvgIpc) is 3.41. The smallest absolute Gasteiger partial charge is 0.293 e. The van der Waals surface area contributed by atoms with Gasteiger partial charge in [0, 0.05) is 12.7 Å². The maximum atomic E-state index is 12.8. The highest BCUT2D eigenvalue weighted by Gasteiger charge is 2.25. The summed E-state index contributed by atoms with van der Waals surface area (Å²) in [5.41, 5.74) is 10.3. The number of rotatable bonds is 7. The standard InChI is InChI=1S/C20H19N9O3/c1-28(14-5-3-2-4-6-14)12-16-17(23-27-29(16)19-18(21)25-32-26-19)20(31)24-22-11-13-7-9-15(30)10-8-13/h2-11,30H,12H2,1H3,(H2,21,25)(H,24,31)/b22-11-. The molecule has 0 radical (unpaired) electrons. The molecular formula is C20H19N9O3. The number of aromatic hydroxyl groups is 1. The molecule has 0 atom stereocenters.